The second kappa shape index (κ2) is 7.41. The quantitative estimate of drug-likeness (QED) is 0.721. The molecule has 23 heavy (non-hydrogen) atoms. The zero-order chi connectivity index (χ0) is 17.0. The topological polar surface area (TPSA) is 78.9 Å². The van der Waals surface area contributed by atoms with Gasteiger partial charge < -0.3 is 9.64 Å². The smallest absolute Gasteiger partial charge is 0.281 e. The lowest BCUT2D eigenvalue weighted by molar-refractivity contribution is 0.304. The van der Waals surface area contributed by atoms with Crippen LogP contribution in [0.1, 0.15) is 19.8 Å². The van der Waals surface area contributed by atoms with E-state index in [1.807, 2.05) is 11.8 Å². The maximum absolute atomic E-state index is 12.2. The number of anilines is 1. The maximum Gasteiger partial charge on any atom is 0.281 e. The average Bonchev–Trinajstić information content (AvgIpc) is 3.01. The van der Waals surface area contributed by atoms with Gasteiger partial charge in [-0.2, -0.15) is 17.0 Å². The van der Waals surface area contributed by atoms with E-state index in [1.165, 1.54) is 22.7 Å². The zero-order valence-corrected chi connectivity index (χ0v) is 15.0. The summed E-state index contributed by atoms with van der Waals surface area (Å²) in [6.45, 7) is 3.91. The first-order valence-electron chi connectivity index (χ1n) is 7.72. The number of hydrogen-bond donors (Lipinski definition) is 0. The molecule has 9 heteroatoms. The third-order valence-corrected chi connectivity index (χ3v) is 5.84. The highest BCUT2D eigenvalue weighted by Crippen LogP contribution is 2.28. The van der Waals surface area contributed by atoms with E-state index in [1.54, 1.807) is 19.4 Å². The van der Waals surface area contributed by atoms with Crippen LogP contribution in [0.4, 0.5) is 5.82 Å². The van der Waals surface area contributed by atoms with Crippen molar-refractivity contribution in [3.8, 4) is 5.88 Å². The molecule has 1 aliphatic heterocycles. The number of hydrogen-bond acceptors (Lipinski definition) is 6. The fourth-order valence-corrected chi connectivity index (χ4v) is 3.58. The standard InChI is InChI=1S/C14H25N5O3S/c1-5-10-22-14-13(15-7-8-16-14)19-9-6-12(11-19)18(4)23(20,21)17(2)3/h7-8,12H,5-6,9-11H2,1-4H3/t12-/m1/s1. The first-order valence-corrected chi connectivity index (χ1v) is 9.11. The Morgan fingerprint density at radius 2 is 2.00 bits per heavy atom. The summed E-state index contributed by atoms with van der Waals surface area (Å²) in [5.74, 6) is 1.19. The maximum atomic E-state index is 12.2. The van der Waals surface area contributed by atoms with Crippen LogP contribution in [0.5, 0.6) is 5.88 Å². The molecule has 0 amide bonds. The third-order valence-electron chi connectivity index (χ3n) is 3.89. The summed E-state index contributed by atoms with van der Waals surface area (Å²) in [4.78, 5) is 10.6. The van der Waals surface area contributed by atoms with E-state index >= 15 is 0 Å². The number of likely N-dealkylation sites (N-methyl/N-ethyl adjacent to an activating group) is 1. The van der Waals surface area contributed by atoms with Crippen molar-refractivity contribution >= 4 is 16.0 Å². The van der Waals surface area contributed by atoms with Gasteiger partial charge in [0.15, 0.2) is 5.82 Å². The van der Waals surface area contributed by atoms with Crippen LogP contribution >= 0.6 is 0 Å². The number of ether oxygens (including phenoxy) is 1. The van der Waals surface area contributed by atoms with Crippen LogP contribution in [0.25, 0.3) is 0 Å². The zero-order valence-electron chi connectivity index (χ0n) is 14.1. The van der Waals surface area contributed by atoms with Gasteiger partial charge in [-0.25, -0.2) is 9.97 Å². The highest BCUT2D eigenvalue weighted by Gasteiger charge is 2.34. The average molecular weight is 343 g/mol. The Hall–Kier alpha value is -1.45. The van der Waals surface area contributed by atoms with Crippen LogP contribution in [0.15, 0.2) is 12.4 Å². The Bertz CT molecular complexity index is 623. The first-order chi connectivity index (χ1) is 10.9. The van der Waals surface area contributed by atoms with E-state index in [0.717, 1.165) is 19.4 Å². The molecule has 1 aromatic heterocycles. The third kappa shape index (κ3) is 3.91. The summed E-state index contributed by atoms with van der Waals surface area (Å²) in [7, 11) is 1.28. The minimum atomic E-state index is -3.42. The number of nitrogens with zero attached hydrogens (tertiary/aromatic N) is 5. The molecule has 0 unspecified atom stereocenters. The monoisotopic (exact) mass is 343 g/mol. The van der Waals surface area contributed by atoms with Crippen LogP contribution in [0, 0.1) is 0 Å². The molecule has 0 saturated carbocycles. The predicted octanol–water partition coefficient (Wildman–Crippen LogP) is 0.582. The van der Waals surface area contributed by atoms with E-state index in [-0.39, 0.29) is 6.04 Å². The van der Waals surface area contributed by atoms with Crippen LogP contribution in [0.2, 0.25) is 0 Å². The van der Waals surface area contributed by atoms with Crippen molar-refractivity contribution in [2.24, 2.45) is 0 Å². The second-order valence-electron chi connectivity index (χ2n) is 5.73. The minimum Gasteiger partial charge on any atom is -0.475 e. The Balaban J connectivity index is 2.12. The van der Waals surface area contributed by atoms with Gasteiger partial charge in [0.25, 0.3) is 16.1 Å². The van der Waals surface area contributed by atoms with Gasteiger partial charge in [-0.05, 0) is 12.8 Å². The molecule has 1 aromatic rings. The molecule has 2 rings (SSSR count). The lowest BCUT2D eigenvalue weighted by atomic mass is 10.3. The summed E-state index contributed by atoms with van der Waals surface area (Å²) in [6.07, 6.45) is 4.86. The Kier molecular flexibility index (Phi) is 5.77. The van der Waals surface area contributed by atoms with E-state index in [2.05, 4.69) is 9.97 Å². The molecule has 2 heterocycles. The van der Waals surface area contributed by atoms with E-state index in [0.29, 0.717) is 24.8 Å². The van der Waals surface area contributed by atoms with Gasteiger partial charge in [-0.1, -0.05) is 6.92 Å². The Morgan fingerprint density at radius 1 is 1.30 bits per heavy atom. The highest BCUT2D eigenvalue weighted by atomic mass is 32.2. The van der Waals surface area contributed by atoms with E-state index < -0.39 is 10.2 Å². The molecule has 0 aliphatic carbocycles. The lowest BCUT2D eigenvalue weighted by Crippen LogP contribution is -2.44. The van der Waals surface area contributed by atoms with Gasteiger partial charge in [0.1, 0.15) is 0 Å². The first kappa shape index (κ1) is 17.9. The Morgan fingerprint density at radius 3 is 2.65 bits per heavy atom. The fourth-order valence-electron chi connectivity index (χ4n) is 2.51. The van der Waals surface area contributed by atoms with Crippen LogP contribution in [-0.4, -0.2) is 73.9 Å². The van der Waals surface area contributed by atoms with Crippen molar-refractivity contribution in [1.29, 1.82) is 0 Å². The molecule has 0 aromatic carbocycles. The molecule has 1 atom stereocenters. The molecule has 1 fully saturated rings. The summed E-state index contributed by atoms with van der Waals surface area (Å²) >= 11 is 0. The number of rotatable bonds is 7. The van der Waals surface area contributed by atoms with Gasteiger partial charge in [-0.15, -0.1) is 0 Å². The largest absolute Gasteiger partial charge is 0.475 e. The predicted molar refractivity (Wildman–Crippen MR) is 88.8 cm³/mol. The molecule has 8 nitrogen and oxygen atoms in total. The van der Waals surface area contributed by atoms with Crippen LogP contribution < -0.4 is 9.64 Å². The van der Waals surface area contributed by atoms with Crippen LogP contribution in [0.3, 0.4) is 0 Å². The normalized spacial score (nSPS) is 18.9. The van der Waals surface area contributed by atoms with Crippen molar-refractivity contribution in [2.45, 2.75) is 25.8 Å². The highest BCUT2D eigenvalue weighted by molar-refractivity contribution is 7.86. The van der Waals surface area contributed by atoms with Gasteiger partial charge >= 0.3 is 0 Å². The molecular weight excluding hydrogens is 318 g/mol. The van der Waals surface area contributed by atoms with E-state index in [4.69, 9.17) is 4.74 Å². The summed E-state index contributed by atoms with van der Waals surface area (Å²) < 4.78 is 32.8. The minimum absolute atomic E-state index is 0.0940. The molecular formula is C14H25N5O3S. The molecule has 0 radical (unpaired) electrons. The van der Waals surface area contributed by atoms with Gasteiger partial charge in [0.2, 0.25) is 0 Å². The summed E-state index contributed by atoms with van der Waals surface area (Å²) in [6, 6.07) is -0.0940. The molecule has 0 N–H and O–H groups in total. The molecule has 0 spiro atoms. The number of aromatic nitrogens is 2. The van der Waals surface area contributed by atoms with Crippen molar-refractivity contribution in [2.75, 3.05) is 45.7 Å². The molecule has 1 aliphatic rings. The van der Waals surface area contributed by atoms with Crippen molar-refractivity contribution in [3.05, 3.63) is 12.4 Å². The molecule has 130 valence electrons. The summed E-state index contributed by atoms with van der Waals surface area (Å²) in [5, 5.41) is 0. The van der Waals surface area contributed by atoms with Crippen molar-refractivity contribution < 1.29 is 13.2 Å². The van der Waals surface area contributed by atoms with Crippen molar-refractivity contribution in [1.82, 2.24) is 18.6 Å². The van der Waals surface area contributed by atoms with Crippen LogP contribution in [-0.2, 0) is 10.2 Å². The lowest BCUT2D eigenvalue weighted by Gasteiger charge is -2.27. The summed E-state index contributed by atoms with van der Waals surface area (Å²) in [5.41, 5.74) is 0. The Labute approximate surface area is 138 Å². The molecule has 1 saturated heterocycles. The second-order valence-corrected chi connectivity index (χ2v) is 7.93. The van der Waals surface area contributed by atoms with Gasteiger partial charge in [0.05, 0.1) is 6.61 Å². The van der Waals surface area contributed by atoms with E-state index in [9.17, 15) is 8.42 Å². The van der Waals surface area contributed by atoms with Gasteiger partial charge in [-0.3, -0.25) is 0 Å². The molecule has 0 bridgehead atoms. The van der Waals surface area contributed by atoms with Gasteiger partial charge in [0, 0.05) is 52.7 Å². The van der Waals surface area contributed by atoms with Crippen molar-refractivity contribution in [3.63, 3.8) is 0 Å². The SMILES string of the molecule is CCCOc1nccnc1N1CC[C@@H](N(C)S(=O)(=O)N(C)C)C1. The fraction of sp³-hybridized carbons (Fsp3) is 0.714.